The normalized spacial score (nSPS) is 9.92. The van der Waals surface area contributed by atoms with Crippen LogP contribution in [0.25, 0.3) is 0 Å². The minimum atomic E-state index is 0.540. The summed E-state index contributed by atoms with van der Waals surface area (Å²) in [5.74, 6) is 5.78. The molecule has 0 aliphatic carbocycles. The van der Waals surface area contributed by atoms with Crippen LogP contribution in [0.2, 0.25) is 0 Å². The van der Waals surface area contributed by atoms with E-state index in [1.54, 1.807) is 24.4 Å². The van der Waals surface area contributed by atoms with Gasteiger partial charge in [-0.2, -0.15) is 23.3 Å². The monoisotopic (exact) mass is 832 g/mol. The molecule has 0 N–H and O–H groups in total. The zero-order valence-corrected chi connectivity index (χ0v) is 40.9. The van der Waals surface area contributed by atoms with Crippen molar-refractivity contribution in [1.82, 2.24) is 19.3 Å². The van der Waals surface area contributed by atoms with Crippen LogP contribution in [0.5, 0.6) is 0 Å². The van der Waals surface area contributed by atoms with Gasteiger partial charge in [0.2, 0.25) is 11.4 Å². The van der Waals surface area contributed by atoms with E-state index in [2.05, 4.69) is 180 Å². The van der Waals surface area contributed by atoms with Gasteiger partial charge in [0.25, 0.3) is 23.3 Å². The highest BCUT2D eigenvalue weighted by molar-refractivity contribution is 7.98. The van der Waals surface area contributed by atoms with Gasteiger partial charge in [0.1, 0.15) is 26.8 Å². The van der Waals surface area contributed by atoms with Gasteiger partial charge >= 0.3 is 12.2 Å². The highest BCUT2D eigenvalue weighted by Crippen LogP contribution is 2.09. The van der Waals surface area contributed by atoms with Crippen LogP contribution in [-0.4, -0.2) is 66.9 Å². The van der Waals surface area contributed by atoms with Crippen LogP contribution in [0.1, 0.15) is 36.8 Å². The predicted octanol–water partition coefficient (Wildman–Crippen LogP) is 3.47. The van der Waals surface area contributed by atoms with Crippen molar-refractivity contribution in [2.24, 2.45) is 56.4 Å². The van der Waals surface area contributed by atoms with Crippen molar-refractivity contribution in [3.8, 4) is 0 Å². The summed E-state index contributed by atoms with van der Waals surface area (Å²) in [5, 5.41) is 1.30. The third kappa shape index (κ3) is 17.6. The summed E-state index contributed by atoms with van der Waals surface area (Å²) in [6.45, 7) is 12.6. The summed E-state index contributed by atoms with van der Waals surface area (Å²) >= 11 is 1.77. The van der Waals surface area contributed by atoms with Crippen molar-refractivity contribution in [3.05, 3.63) is 121 Å². The lowest BCUT2D eigenvalue weighted by Crippen LogP contribution is -2.39. The number of rotatable bonds is 5. The van der Waals surface area contributed by atoms with Crippen molar-refractivity contribution >= 4 is 29.2 Å². The molecule has 6 aromatic heterocycles. The number of hydrogen-bond acceptors (Lipinski definition) is 6. The molecule has 13 nitrogen and oxygen atoms in total. The van der Waals surface area contributed by atoms with Crippen molar-refractivity contribution in [2.75, 3.05) is 56.2 Å². The molecule has 0 aliphatic heterocycles. The Balaban J connectivity index is 0.000000356. The van der Waals surface area contributed by atoms with Crippen LogP contribution in [0.3, 0.4) is 0 Å². The minimum Gasteiger partial charge on any atom is -0.267 e. The van der Waals surface area contributed by atoms with Crippen molar-refractivity contribution in [1.29, 1.82) is 0 Å². The fourth-order valence-electron chi connectivity index (χ4n) is 5.39. The van der Waals surface area contributed by atoms with E-state index >= 15 is 0 Å². The smallest absolute Gasteiger partial charge is 0.267 e. The summed E-state index contributed by atoms with van der Waals surface area (Å²) in [5.41, 5.74) is 2.58. The van der Waals surface area contributed by atoms with E-state index < -0.39 is 0 Å². The van der Waals surface area contributed by atoms with Gasteiger partial charge in [-0.1, -0.05) is 30.0 Å². The summed E-state index contributed by atoms with van der Waals surface area (Å²) in [7, 11) is 26.4. The highest BCUT2D eigenvalue weighted by Gasteiger charge is 2.15. The maximum atomic E-state index is 4.24. The van der Waals surface area contributed by atoms with Crippen molar-refractivity contribution in [2.45, 2.75) is 52.6 Å². The van der Waals surface area contributed by atoms with E-state index in [1.165, 1.54) is 33.7 Å². The Bertz CT molecular complexity index is 2080. The van der Waals surface area contributed by atoms with E-state index in [1.807, 2.05) is 106 Å². The molecule has 59 heavy (non-hydrogen) atoms. The fraction of sp³-hybridized carbons (Fsp3) is 0.467. The lowest BCUT2D eigenvalue weighted by atomic mass is 10.3. The van der Waals surface area contributed by atoms with Crippen LogP contribution in [0.4, 0.5) is 17.5 Å². The molecule has 6 rings (SSSR count). The van der Waals surface area contributed by atoms with Gasteiger partial charge in [-0.3, -0.25) is 14.7 Å². The van der Waals surface area contributed by atoms with E-state index in [0.29, 0.717) is 6.04 Å². The zero-order chi connectivity index (χ0) is 45.0. The summed E-state index contributed by atoms with van der Waals surface area (Å²) in [6.07, 6.45) is 11.8. The summed E-state index contributed by atoms with van der Waals surface area (Å²) < 4.78 is 16.3. The number of thioether (sulfide) groups is 1. The second kappa shape index (κ2) is 25.9. The standard InChI is InChI=1S/C10H17N2.C9H15N2.C8H13N2.C8H12NS.C6H12N3.C4H8N3/c1-9(2)12(4)10-7-5-6-8-11(10)3;1-8-6-5-7-9(10(2)3)11(8)4;1-9(2)8-6-4-5-7-10(8)3;1-7-4-5-8(10-3)9(2)6-7;1-5-7-6(2)9(4)8(5)3;1-6-3-5-4-7(6)2/h5-9H,1-4H3;5-7H,1-4H3;4-7H,1-3H3;4-6H,1-3H3;1-4H3;3-4H,1-2H3/q6*+1. The fourth-order valence-corrected chi connectivity index (χ4v) is 5.94. The first-order chi connectivity index (χ1) is 27.6. The van der Waals surface area contributed by atoms with Gasteiger partial charge in [0, 0.05) is 43.7 Å². The molecule has 0 fully saturated rings. The average Bonchev–Trinajstić information content (AvgIpc) is 3.67. The molecule has 0 amide bonds. The van der Waals surface area contributed by atoms with Gasteiger partial charge in [0.15, 0.2) is 6.20 Å². The topological polar surface area (TPSA) is 68.6 Å². The second-order valence-corrected chi connectivity index (χ2v) is 15.9. The second-order valence-electron chi connectivity index (χ2n) is 15.1. The van der Waals surface area contributed by atoms with Gasteiger partial charge in [-0.05, 0) is 68.2 Å². The van der Waals surface area contributed by atoms with Crippen molar-refractivity contribution < 1.29 is 27.6 Å². The average molecular weight is 832 g/mol. The third-order valence-corrected chi connectivity index (χ3v) is 10.5. The molecule has 6 aromatic rings. The highest BCUT2D eigenvalue weighted by atomic mass is 32.2. The molecule has 0 saturated carbocycles. The Morgan fingerprint density at radius 3 is 1.53 bits per heavy atom. The van der Waals surface area contributed by atoms with Crippen molar-refractivity contribution in [3.63, 3.8) is 0 Å². The third-order valence-electron chi connectivity index (χ3n) is 9.68. The summed E-state index contributed by atoms with van der Waals surface area (Å²) in [6, 6.07) is 23.5. The number of nitrogens with zero attached hydrogens (tertiary/aromatic N) is 13. The number of hydrogen-bond donors (Lipinski definition) is 0. The van der Waals surface area contributed by atoms with E-state index in [4.69, 9.17) is 0 Å². The lowest BCUT2D eigenvalue weighted by molar-refractivity contribution is -0.757. The van der Waals surface area contributed by atoms with Crippen LogP contribution in [0, 0.1) is 27.7 Å². The Morgan fingerprint density at radius 2 is 1.20 bits per heavy atom. The predicted molar refractivity (Wildman–Crippen MR) is 242 cm³/mol. The number of anilines is 3. The molecule has 14 heteroatoms. The first-order valence-electron chi connectivity index (χ1n) is 19.8. The molecule has 0 spiro atoms. The molecule has 0 saturated heterocycles. The van der Waals surface area contributed by atoms with Gasteiger partial charge in [-0.25, -0.2) is 13.7 Å². The first-order valence-corrected chi connectivity index (χ1v) is 21.0. The van der Waals surface area contributed by atoms with E-state index in [9.17, 15) is 0 Å². The number of pyridine rings is 4. The number of aryl methyl sites for hydroxylation is 9. The number of aromatic nitrogens is 10. The van der Waals surface area contributed by atoms with Gasteiger partial charge in [-0.15, -0.1) is 0 Å². The van der Waals surface area contributed by atoms with E-state index in [0.717, 1.165) is 11.6 Å². The van der Waals surface area contributed by atoms with Crippen LogP contribution >= 0.6 is 11.8 Å². The molecule has 0 radical (unpaired) electrons. The maximum Gasteiger partial charge on any atom is 0.315 e. The van der Waals surface area contributed by atoms with Crippen LogP contribution in [0.15, 0.2) is 103 Å². The minimum absolute atomic E-state index is 0.540. The Morgan fingerprint density at radius 1 is 0.661 bits per heavy atom. The molecular formula is C45H77N13S+6. The molecular weight excluding hydrogens is 755 g/mol. The van der Waals surface area contributed by atoms with Crippen LogP contribution < -0.4 is 42.3 Å². The van der Waals surface area contributed by atoms with Crippen LogP contribution in [-0.2, 0) is 56.4 Å². The first kappa shape index (κ1) is 51.6. The molecule has 0 aliphatic rings. The maximum absolute atomic E-state index is 4.24. The van der Waals surface area contributed by atoms with Gasteiger partial charge in [0.05, 0.1) is 88.9 Å². The molecule has 6 heterocycles. The molecule has 0 aromatic carbocycles. The molecule has 322 valence electrons. The molecule has 0 unspecified atom stereocenters. The zero-order valence-electron chi connectivity index (χ0n) is 40.0. The van der Waals surface area contributed by atoms with E-state index in [-0.39, 0.29) is 0 Å². The Labute approximate surface area is 361 Å². The lowest BCUT2D eigenvalue weighted by Gasteiger charge is -2.16. The summed E-state index contributed by atoms with van der Waals surface area (Å²) in [4.78, 5) is 14.5. The Kier molecular flexibility index (Phi) is 22.7. The molecule has 0 bridgehead atoms. The van der Waals surface area contributed by atoms with Gasteiger partial charge < -0.3 is 0 Å². The Hall–Kier alpha value is -5.37. The largest absolute Gasteiger partial charge is 0.315 e. The molecule has 0 atom stereocenters. The SMILES string of the molecule is CC(C)N(C)c1cccc[n+]1C.CN(C)c1cccc[n+]1C.CSc1ccc(C)c[n+]1C.Cc1cccc(N(C)C)[n+]1C.Cc1nc(C)[n+](C)n1C.Cn1cnc[n+]1C. The quantitative estimate of drug-likeness (QED) is 0.196.